The standard InChI is InChI=1S/C11H16N4O3/c1-7(11(18)13-2)14-9(16)6-15-5-8(12)3-4-10(15)17/h3-5,7H,6,12H2,1-2H3,(H,13,18)(H,14,16). The summed E-state index contributed by atoms with van der Waals surface area (Å²) in [6, 6.07) is 2.09. The number of nitrogens with zero attached hydrogens (tertiary/aromatic N) is 1. The summed E-state index contributed by atoms with van der Waals surface area (Å²) in [5.74, 6) is -0.734. The summed E-state index contributed by atoms with van der Waals surface area (Å²) in [7, 11) is 1.48. The lowest BCUT2D eigenvalue weighted by Gasteiger charge is -2.13. The fraction of sp³-hybridized carbons (Fsp3) is 0.364. The van der Waals surface area contributed by atoms with Crippen molar-refractivity contribution in [3.63, 3.8) is 0 Å². The molecule has 4 N–H and O–H groups in total. The number of pyridine rings is 1. The SMILES string of the molecule is CNC(=O)C(C)NC(=O)Cn1cc(N)ccc1=O. The van der Waals surface area contributed by atoms with Gasteiger partial charge in [0.2, 0.25) is 11.8 Å². The third kappa shape index (κ3) is 3.62. The van der Waals surface area contributed by atoms with Gasteiger partial charge >= 0.3 is 0 Å². The molecule has 0 aliphatic carbocycles. The summed E-state index contributed by atoms with van der Waals surface area (Å²) in [5.41, 5.74) is 5.58. The Balaban J connectivity index is 2.68. The van der Waals surface area contributed by atoms with Gasteiger partial charge < -0.3 is 20.9 Å². The zero-order valence-electron chi connectivity index (χ0n) is 10.3. The van der Waals surface area contributed by atoms with Crippen LogP contribution in [0.1, 0.15) is 6.92 Å². The largest absolute Gasteiger partial charge is 0.398 e. The maximum Gasteiger partial charge on any atom is 0.251 e. The van der Waals surface area contributed by atoms with Gasteiger partial charge in [-0.15, -0.1) is 0 Å². The number of nitrogens with two attached hydrogens (primary N) is 1. The van der Waals surface area contributed by atoms with Crippen LogP contribution in [0.5, 0.6) is 0 Å². The minimum atomic E-state index is -0.653. The van der Waals surface area contributed by atoms with Crippen molar-refractivity contribution in [2.45, 2.75) is 19.5 Å². The summed E-state index contributed by atoms with van der Waals surface area (Å²) >= 11 is 0. The quantitative estimate of drug-likeness (QED) is 0.618. The first kappa shape index (κ1) is 13.8. The van der Waals surface area contributed by atoms with E-state index in [1.165, 1.54) is 29.9 Å². The second-order valence-electron chi connectivity index (χ2n) is 3.83. The number of hydrogen-bond donors (Lipinski definition) is 3. The van der Waals surface area contributed by atoms with Crippen LogP contribution in [-0.2, 0) is 16.1 Å². The number of aromatic nitrogens is 1. The molecule has 18 heavy (non-hydrogen) atoms. The van der Waals surface area contributed by atoms with E-state index in [9.17, 15) is 14.4 Å². The van der Waals surface area contributed by atoms with Gasteiger partial charge in [0.15, 0.2) is 0 Å². The molecule has 7 heteroatoms. The van der Waals surface area contributed by atoms with Crippen LogP contribution in [0.2, 0.25) is 0 Å². The molecule has 1 aromatic heterocycles. The van der Waals surface area contributed by atoms with Crippen LogP contribution >= 0.6 is 0 Å². The van der Waals surface area contributed by atoms with Gasteiger partial charge in [-0.3, -0.25) is 14.4 Å². The Kier molecular flexibility index (Phi) is 4.47. The third-order valence-corrected chi connectivity index (χ3v) is 2.34. The molecule has 0 aliphatic heterocycles. The van der Waals surface area contributed by atoms with Gasteiger partial charge in [-0.2, -0.15) is 0 Å². The number of nitrogens with one attached hydrogen (secondary N) is 2. The first-order chi connectivity index (χ1) is 8.43. The summed E-state index contributed by atoms with van der Waals surface area (Å²) in [6.45, 7) is 1.38. The van der Waals surface area contributed by atoms with Gasteiger partial charge in [0.05, 0.1) is 0 Å². The molecule has 1 heterocycles. The first-order valence-corrected chi connectivity index (χ1v) is 5.41. The fourth-order valence-electron chi connectivity index (χ4n) is 1.40. The highest BCUT2D eigenvalue weighted by Crippen LogP contribution is 1.95. The minimum absolute atomic E-state index is 0.175. The molecule has 0 bridgehead atoms. The Morgan fingerprint density at radius 1 is 1.44 bits per heavy atom. The zero-order chi connectivity index (χ0) is 13.7. The molecule has 0 fully saturated rings. The van der Waals surface area contributed by atoms with E-state index in [1.807, 2.05) is 0 Å². The molecule has 1 unspecified atom stereocenters. The smallest absolute Gasteiger partial charge is 0.251 e. The van der Waals surface area contributed by atoms with Crippen molar-refractivity contribution < 1.29 is 9.59 Å². The maximum atomic E-state index is 11.6. The number of likely N-dealkylation sites (N-methyl/N-ethyl adjacent to an activating group) is 1. The lowest BCUT2D eigenvalue weighted by Crippen LogP contribution is -2.45. The lowest BCUT2D eigenvalue weighted by molar-refractivity contribution is -0.128. The predicted octanol–water partition coefficient (Wildman–Crippen LogP) is -1.32. The number of carbonyl (C=O) groups is 2. The van der Waals surface area contributed by atoms with E-state index in [0.29, 0.717) is 5.69 Å². The van der Waals surface area contributed by atoms with E-state index >= 15 is 0 Å². The number of rotatable bonds is 4. The topological polar surface area (TPSA) is 106 Å². The summed E-state index contributed by atoms with van der Waals surface area (Å²) in [5, 5.41) is 4.89. The molecule has 0 aliphatic rings. The minimum Gasteiger partial charge on any atom is -0.398 e. The van der Waals surface area contributed by atoms with Gasteiger partial charge in [0, 0.05) is 25.0 Å². The van der Waals surface area contributed by atoms with Crippen molar-refractivity contribution in [3.05, 3.63) is 28.7 Å². The van der Waals surface area contributed by atoms with Crippen molar-refractivity contribution in [2.24, 2.45) is 0 Å². The van der Waals surface area contributed by atoms with Gasteiger partial charge in [0.25, 0.3) is 5.56 Å². The van der Waals surface area contributed by atoms with Crippen molar-refractivity contribution >= 4 is 17.5 Å². The van der Waals surface area contributed by atoms with Gasteiger partial charge in [-0.05, 0) is 13.0 Å². The zero-order valence-corrected chi connectivity index (χ0v) is 10.3. The molecule has 98 valence electrons. The van der Waals surface area contributed by atoms with Crippen LogP contribution in [0.4, 0.5) is 5.69 Å². The summed E-state index contributed by atoms with van der Waals surface area (Å²) in [6.07, 6.45) is 1.38. The molecule has 0 radical (unpaired) electrons. The molecular weight excluding hydrogens is 236 g/mol. The third-order valence-electron chi connectivity index (χ3n) is 2.34. The average molecular weight is 252 g/mol. The predicted molar refractivity (Wildman–Crippen MR) is 66.8 cm³/mol. The number of amides is 2. The normalized spacial score (nSPS) is 11.7. The van der Waals surface area contributed by atoms with Gasteiger partial charge in [-0.25, -0.2) is 0 Å². The number of anilines is 1. The molecule has 0 saturated carbocycles. The Hall–Kier alpha value is -2.31. The van der Waals surface area contributed by atoms with Crippen LogP contribution in [0.3, 0.4) is 0 Å². The molecular formula is C11H16N4O3. The molecule has 1 rings (SSSR count). The van der Waals surface area contributed by atoms with E-state index in [0.717, 1.165) is 0 Å². The first-order valence-electron chi connectivity index (χ1n) is 5.41. The molecule has 0 aromatic carbocycles. The van der Waals surface area contributed by atoms with Crippen molar-refractivity contribution in [2.75, 3.05) is 12.8 Å². The molecule has 1 atom stereocenters. The molecule has 7 nitrogen and oxygen atoms in total. The number of carbonyl (C=O) groups excluding carboxylic acids is 2. The Labute approximate surface area is 104 Å². The monoisotopic (exact) mass is 252 g/mol. The fourth-order valence-corrected chi connectivity index (χ4v) is 1.40. The van der Waals surface area contributed by atoms with E-state index in [4.69, 9.17) is 5.73 Å². The Bertz CT molecular complexity index is 509. The van der Waals surface area contributed by atoms with Crippen molar-refractivity contribution in [1.82, 2.24) is 15.2 Å². The molecule has 0 spiro atoms. The molecule has 0 saturated heterocycles. The van der Waals surface area contributed by atoms with E-state index in [-0.39, 0.29) is 18.0 Å². The highest BCUT2D eigenvalue weighted by molar-refractivity contribution is 5.86. The van der Waals surface area contributed by atoms with Crippen LogP contribution in [0.15, 0.2) is 23.1 Å². The van der Waals surface area contributed by atoms with Crippen LogP contribution in [0, 0.1) is 0 Å². The second kappa shape index (κ2) is 5.85. The Morgan fingerprint density at radius 2 is 2.11 bits per heavy atom. The number of nitrogen functional groups attached to an aromatic ring is 1. The van der Waals surface area contributed by atoms with E-state index in [1.54, 1.807) is 6.92 Å². The van der Waals surface area contributed by atoms with Gasteiger partial charge in [0.1, 0.15) is 12.6 Å². The van der Waals surface area contributed by atoms with E-state index in [2.05, 4.69) is 10.6 Å². The highest BCUT2D eigenvalue weighted by atomic mass is 16.2. The summed E-state index contributed by atoms with van der Waals surface area (Å²) in [4.78, 5) is 34.3. The van der Waals surface area contributed by atoms with Crippen LogP contribution in [0.25, 0.3) is 0 Å². The average Bonchev–Trinajstić information content (AvgIpc) is 2.32. The van der Waals surface area contributed by atoms with Crippen LogP contribution in [-0.4, -0.2) is 29.5 Å². The molecule has 2 amide bonds. The Morgan fingerprint density at radius 3 is 2.72 bits per heavy atom. The van der Waals surface area contributed by atoms with E-state index < -0.39 is 11.9 Å². The highest BCUT2D eigenvalue weighted by Gasteiger charge is 2.14. The second-order valence-corrected chi connectivity index (χ2v) is 3.83. The van der Waals surface area contributed by atoms with Crippen LogP contribution < -0.4 is 21.9 Å². The van der Waals surface area contributed by atoms with Gasteiger partial charge in [-0.1, -0.05) is 0 Å². The van der Waals surface area contributed by atoms with Crippen molar-refractivity contribution in [1.29, 1.82) is 0 Å². The van der Waals surface area contributed by atoms with Crippen molar-refractivity contribution in [3.8, 4) is 0 Å². The number of hydrogen-bond acceptors (Lipinski definition) is 4. The maximum absolute atomic E-state index is 11.6. The summed E-state index contributed by atoms with van der Waals surface area (Å²) < 4.78 is 1.18. The lowest BCUT2D eigenvalue weighted by atomic mass is 10.3. The molecule has 1 aromatic rings.